The molecule has 4 fully saturated rings. The molecule has 0 unspecified atom stereocenters. The van der Waals surface area contributed by atoms with Crippen LogP contribution in [-0.2, 0) is 23.8 Å². The summed E-state index contributed by atoms with van der Waals surface area (Å²) < 4.78 is 51.5. The number of piperidine rings is 2. The number of aromatic nitrogens is 8. The highest BCUT2D eigenvalue weighted by atomic mass is 79.9. The molecule has 12 aromatic rings. The minimum atomic E-state index is -3.41. The van der Waals surface area contributed by atoms with Gasteiger partial charge in [-0.15, -0.1) is 36.4 Å². The molecule has 16 rings (SSSR count). The minimum absolute atomic E-state index is 0. The van der Waals surface area contributed by atoms with Gasteiger partial charge in [0.25, 0.3) is 0 Å². The summed E-state index contributed by atoms with van der Waals surface area (Å²) in [4.78, 5) is 58.4. The highest BCUT2D eigenvalue weighted by Crippen LogP contribution is 2.40. The van der Waals surface area contributed by atoms with Crippen LogP contribution in [0.15, 0.2) is 187 Å². The molecular weight excluding hydrogens is 1940 g/mol. The fraction of sp³-hybridized carbons (Fsp3) is 0.306. The fourth-order valence-corrected chi connectivity index (χ4v) is 17.4. The lowest BCUT2D eigenvalue weighted by Crippen LogP contribution is -2.50. The zero-order valence-corrected chi connectivity index (χ0v) is 79.4. The van der Waals surface area contributed by atoms with Crippen LogP contribution in [0.4, 0.5) is 28.1 Å². The fourth-order valence-electron chi connectivity index (χ4n) is 13.4. The number of hydrogen-bond donors (Lipinski definition) is 3. The van der Waals surface area contributed by atoms with Gasteiger partial charge in [-0.1, -0.05) is 155 Å². The van der Waals surface area contributed by atoms with Crippen LogP contribution in [0, 0.1) is 0 Å². The SMILES string of the molecule is C.C=CS(=O)(=O)N1CCN(c2ncnc3cc(Cl)c(-c4ccc(Cl)cc4)cc23)CC1.CC(C)(C)OC(=O)N1CCN(c2ncnc3cc(Cl)c(Br)cc23)CC1.CO.Cl.Cl.Clc1ccc(-c2cc3c(N4CCCCC4)ncnc3cc2Cl)cc1.Clc1ccc(-c2cc3c(N4CCCCC4)ncnc3cc2Cl)cc1.O=S(=O)(Cl)CCCl.OB(O)c1ccc(Cl)cc1. The van der Waals surface area contributed by atoms with E-state index in [1.54, 1.807) is 48.1 Å². The third-order valence-electron chi connectivity index (χ3n) is 19.4. The van der Waals surface area contributed by atoms with Crippen molar-refractivity contribution in [3.63, 3.8) is 0 Å². The monoisotopic (exact) mass is 2030 g/mol. The lowest BCUT2D eigenvalue weighted by atomic mass is 9.81. The number of rotatable bonds is 12. The summed E-state index contributed by atoms with van der Waals surface area (Å²) >= 11 is 57.7. The average Bonchev–Trinajstić information content (AvgIpc) is 0.778. The maximum atomic E-state index is 12.2. The molecule has 23 nitrogen and oxygen atoms in total. The van der Waals surface area contributed by atoms with E-state index in [9.17, 15) is 21.6 Å². The van der Waals surface area contributed by atoms with Gasteiger partial charge in [0.1, 0.15) is 54.2 Å². The summed E-state index contributed by atoms with van der Waals surface area (Å²) in [6, 6.07) is 44.9. The first-order chi connectivity index (χ1) is 57.8. The van der Waals surface area contributed by atoms with E-state index in [1.165, 1.54) is 49.2 Å². The second-order valence-corrected chi connectivity index (χ2v) is 38.0. The van der Waals surface area contributed by atoms with Gasteiger partial charge in [-0.25, -0.2) is 61.5 Å². The summed E-state index contributed by atoms with van der Waals surface area (Å²) in [7, 11) is -2.43. The number of fused-ring (bicyclic) bond motifs is 4. The van der Waals surface area contributed by atoms with Crippen LogP contribution in [0.5, 0.6) is 0 Å². The molecule has 0 spiro atoms. The van der Waals surface area contributed by atoms with Gasteiger partial charge in [0.15, 0.2) is 0 Å². The van der Waals surface area contributed by atoms with Gasteiger partial charge in [0, 0.05) is 170 Å². The number of benzene rings is 8. The van der Waals surface area contributed by atoms with Crippen molar-refractivity contribution in [2.24, 2.45) is 0 Å². The molecule has 0 saturated carbocycles. The average molecular weight is 2030 g/mol. The first-order valence-electron chi connectivity index (χ1n) is 38.2. The van der Waals surface area contributed by atoms with Crippen LogP contribution >= 0.6 is 156 Å². The van der Waals surface area contributed by atoms with Gasteiger partial charge in [0.05, 0.1) is 47.9 Å². The number of anilines is 4. The maximum Gasteiger partial charge on any atom is 0.488 e. The van der Waals surface area contributed by atoms with Gasteiger partial charge < -0.3 is 44.4 Å². The van der Waals surface area contributed by atoms with Crippen LogP contribution < -0.4 is 25.1 Å². The molecule has 1 amide bonds. The predicted molar refractivity (Wildman–Crippen MR) is 523 cm³/mol. The van der Waals surface area contributed by atoms with Crippen molar-refractivity contribution in [3.05, 3.63) is 228 Å². The molecule has 8 aromatic carbocycles. The van der Waals surface area contributed by atoms with Crippen LogP contribution in [0.1, 0.15) is 66.7 Å². The van der Waals surface area contributed by atoms with Gasteiger partial charge in [-0.2, -0.15) is 4.31 Å². The molecule has 662 valence electrons. The summed E-state index contributed by atoms with van der Waals surface area (Å²) in [5, 5.41) is 34.4. The van der Waals surface area contributed by atoms with Crippen molar-refractivity contribution in [3.8, 4) is 33.4 Å². The maximum absolute atomic E-state index is 12.2. The summed E-state index contributed by atoms with van der Waals surface area (Å²) in [6.07, 6.45) is 13.5. The van der Waals surface area contributed by atoms with E-state index >= 15 is 0 Å². The molecule has 4 aromatic heterocycles. The van der Waals surface area contributed by atoms with Gasteiger partial charge in [-0.3, -0.25) is 0 Å². The highest BCUT2D eigenvalue weighted by molar-refractivity contribution is 9.10. The third kappa shape index (κ3) is 29.1. The third-order valence-corrected chi connectivity index (χ3v) is 25.6. The van der Waals surface area contributed by atoms with E-state index in [1.807, 2.05) is 130 Å². The Morgan fingerprint density at radius 1 is 0.460 bits per heavy atom. The molecule has 0 atom stereocenters. The highest BCUT2D eigenvalue weighted by Gasteiger charge is 2.30. The minimum Gasteiger partial charge on any atom is -0.444 e. The smallest absolute Gasteiger partial charge is 0.444 e. The number of alkyl halides is 1. The standard InChI is InChI=1S/C20H18Cl2N4O2S.2C19H17Cl2N3.C17H20BrClN4O2.C6H6BClO2.C2H4Cl2O2S.CH4O.CH4.2ClH/c1-2-29(27,28)26-9-7-25(8-10-26)20-17-11-16(14-3-5-15(21)6-4-14)18(22)12-19(17)23-13-24-20;2*20-14-6-4-13(5-7-14)15-10-16-18(11-17(15)21)22-12-23-19(16)24-8-2-1-3-9-24;1-17(2,3)25-16(24)23-6-4-22(5-7-23)15-11-8-12(18)13(19)9-14(11)20-10-21-15;8-6-3-1-5(2-4-6)7(9)10;3-1-2-7(4,5)6;1-2;;;/h2-6,11-13H,1,7-10H2;2*4-7,10-12H,1-3,8-9H2;8-10H,4-7H2,1-3H3;1-4,9-10H;1-2H2;2H,1H3;1H4;2*1H. The largest absolute Gasteiger partial charge is 0.488 e. The number of nitrogens with zero attached hydrogens (tertiary/aromatic N) is 14. The van der Waals surface area contributed by atoms with E-state index in [0.717, 1.165) is 143 Å². The second-order valence-electron chi connectivity index (χ2n) is 28.6. The van der Waals surface area contributed by atoms with Crippen molar-refractivity contribution in [1.29, 1.82) is 0 Å². The number of carbonyl (C=O) groups is 1. The van der Waals surface area contributed by atoms with Crippen molar-refractivity contribution in [2.45, 2.75) is 72.3 Å². The molecule has 4 aliphatic rings. The first-order valence-corrected chi connectivity index (χ1v) is 46.5. The van der Waals surface area contributed by atoms with Crippen molar-refractivity contribution in [2.75, 3.05) is 117 Å². The Labute approximate surface area is 793 Å². The van der Waals surface area contributed by atoms with Crippen molar-refractivity contribution >= 4 is 260 Å². The Bertz CT molecular complexity index is 5630. The molecule has 0 radical (unpaired) electrons. The summed E-state index contributed by atoms with van der Waals surface area (Å²) in [6.45, 7) is 17.6. The number of halogens is 13. The Morgan fingerprint density at radius 3 is 1.05 bits per heavy atom. The second kappa shape index (κ2) is 49.0. The molecule has 8 heterocycles. The normalized spacial score (nSPS) is 14.1. The summed E-state index contributed by atoms with van der Waals surface area (Å²) in [5.41, 5.74) is 9.11. The molecule has 0 aliphatic carbocycles. The van der Waals surface area contributed by atoms with Crippen molar-refractivity contribution < 1.29 is 41.5 Å². The number of sulfonamides is 1. The predicted octanol–water partition coefficient (Wildman–Crippen LogP) is 21.4. The molecule has 3 N–H and O–H groups in total. The molecular formula is C85H92BBrCl12N14O9S2. The van der Waals surface area contributed by atoms with E-state index < -0.39 is 31.8 Å². The quantitative estimate of drug-likeness (QED) is 0.0582. The lowest BCUT2D eigenvalue weighted by molar-refractivity contribution is 0.0240. The van der Waals surface area contributed by atoms with Gasteiger partial charge in [0.2, 0.25) is 19.1 Å². The number of hydrogen-bond acceptors (Lipinski definition) is 21. The molecule has 39 heteroatoms. The zero-order chi connectivity index (χ0) is 87.3. The van der Waals surface area contributed by atoms with E-state index in [4.69, 9.17) is 135 Å². The van der Waals surface area contributed by atoms with Crippen LogP contribution in [0.25, 0.3) is 77.0 Å². The number of carbonyl (C=O) groups excluding carboxylic acids is 1. The Balaban J connectivity index is 0.000000211. The molecule has 4 saturated heterocycles. The Morgan fingerprint density at radius 2 is 0.758 bits per heavy atom. The summed E-state index contributed by atoms with van der Waals surface area (Å²) in [5.74, 6) is 3.53. The van der Waals surface area contributed by atoms with Crippen LogP contribution in [0.3, 0.4) is 0 Å². The zero-order valence-electron chi connectivity index (χ0n) is 67.0. The van der Waals surface area contributed by atoms with Crippen molar-refractivity contribution in [1.82, 2.24) is 49.1 Å². The number of aliphatic hydroxyl groups is 1. The Kier molecular flexibility index (Phi) is 41.2. The van der Waals surface area contributed by atoms with E-state index in [-0.39, 0.29) is 50.0 Å². The molecule has 0 bridgehead atoms. The van der Waals surface area contributed by atoms with E-state index in [0.29, 0.717) is 98.0 Å². The first kappa shape index (κ1) is 104. The number of amides is 1. The Hall–Kier alpha value is -6.91. The molecule has 124 heavy (non-hydrogen) atoms. The molecule has 4 aliphatic heterocycles. The lowest BCUT2D eigenvalue weighted by Gasteiger charge is -2.36. The topological polar surface area (TPSA) is 278 Å². The van der Waals surface area contributed by atoms with Gasteiger partial charge in [-0.05, 0) is 194 Å². The van der Waals surface area contributed by atoms with Crippen LogP contribution in [0.2, 0.25) is 40.2 Å². The van der Waals surface area contributed by atoms with Gasteiger partial charge >= 0.3 is 13.2 Å². The number of piperazine rings is 2. The van der Waals surface area contributed by atoms with Crippen LogP contribution in [-0.4, -0.2) is 197 Å². The number of aliphatic hydroxyl groups excluding tert-OH is 1. The van der Waals surface area contributed by atoms with E-state index in [2.05, 4.69) is 94.1 Å². The number of ether oxygens (including phenoxy) is 1.